The van der Waals surface area contributed by atoms with Crippen LogP contribution in [0.25, 0.3) is 0 Å². The van der Waals surface area contributed by atoms with E-state index in [9.17, 15) is 22.0 Å². The number of carboxylic acid groups (broad SMARTS) is 1. The van der Waals surface area contributed by atoms with E-state index < -0.39 is 44.6 Å². The molecule has 0 amide bonds. The molecule has 0 radical (unpaired) electrons. The van der Waals surface area contributed by atoms with E-state index in [0.29, 0.717) is 12.1 Å². The summed E-state index contributed by atoms with van der Waals surface area (Å²) >= 11 is 5.34. The fraction of sp³-hybridized carbons (Fsp3) is 0.100. The third kappa shape index (κ3) is 3.72. The van der Waals surface area contributed by atoms with Gasteiger partial charge in [-0.3, -0.25) is 0 Å². The summed E-state index contributed by atoms with van der Waals surface area (Å²) < 4.78 is 51.8. The molecule has 0 aliphatic heterocycles. The van der Waals surface area contributed by atoms with Gasteiger partial charge in [0.2, 0.25) is 10.0 Å². The van der Waals surface area contributed by atoms with E-state index in [4.69, 9.17) is 16.7 Å². The van der Waals surface area contributed by atoms with Crippen molar-refractivity contribution in [2.24, 2.45) is 0 Å². The van der Waals surface area contributed by atoms with Crippen LogP contribution in [-0.2, 0) is 10.0 Å². The largest absolute Gasteiger partial charge is 0.478 e. The molecule has 0 heterocycles. The number of hydrogen-bond donors (Lipinski definition) is 2. The molecule has 9 heteroatoms. The molecule has 104 valence electrons. The summed E-state index contributed by atoms with van der Waals surface area (Å²) in [7, 11) is -4.44. The minimum atomic E-state index is -4.44. The fourth-order valence-corrected chi connectivity index (χ4v) is 2.42. The number of rotatable bonds is 5. The third-order valence-corrected chi connectivity index (χ3v) is 3.52. The Morgan fingerprint density at radius 2 is 2.00 bits per heavy atom. The number of sulfonamides is 1. The van der Waals surface area contributed by atoms with Crippen molar-refractivity contribution in [2.75, 3.05) is 6.54 Å². The Balaban J connectivity index is 3.33. The number of hydrogen-bond acceptors (Lipinski definition) is 3. The van der Waals surface area contributed by atoms with Crippen molar-refractivity contribution in [3.8, 4) is 0 Å². The molecule has 0 spiro atoms. The van der Waals surface area contributed by atoms with Crippen LogP contribution in [0.3, 0.4) is 0 Å². The molecule has 0 bridgehead atoms. The van der Waals surface area contributed by atoms with Gasteiger partial charge in [-0.25, -0.2) is 26.7 Å². The number of halogens is 3. The van der Waals surface area contributed by atoms with Gasteiger partial charge in [0.25, 0.3) is 0 Å². The first-order valence-corrected chi connectivity index (χ1v) is 6.56. The molecule has 0 saturated heterocycles. The second-order valence-corrected chi connectivity index (χ2v) is 5.69. The Bertz CT molecular complexity index is 645. The van der Waals surface area contributed by atoms with Crippen molar-refractivity contribution < 1.29 is 27.1 Å². The zero-order valence-corrected chi connectivity index (χ0v) is 10.9. The number of aromatic carboxylic acids is 1. The highest BCUT2D eigenvalue weighted by Crippen LogP contribution is 2.20. The zero-order chi connectivity index (χ0) is 14.8. The van der Waals surface area contributed by atoms with Crippen molar-refractivity contribution in [3.63, 3.8) is 0 Å². The molecule has 1 rings (SSSR count). The maximum absolute atomic E-state index is 13.4. The number of carboxylic acids is 1. The summed E-state index contributed by atoms with van der Waals surface area (Å²) in [5.41, 5.74) is -0.691. The van der Waals surface area contributed by atoms with Crippen molar-refractivity contribution in [1.82, 2.24) is 4.72 Å². The Hall–Kier alpha value is -1.51. The SMILES string of the molecule is C=C(Cl)CNS(=O)(=O)c1cc(C(=O)O)cc(F)c1F. The summed E-state index contributed by atoms with van der Waals surface area (Å²) in [6, 6.07) is 0.900. The molecule has 5 nitrogen and oxygen atoms in total. The van der Waals surface area contributed by atoms with Crippen LogP contribution in [0.5, 0.6) is 0 Å². The Morgan fingerprint density at radius 3 is 2.47 bits per heavy atom. The first-order chi connectivity index (χ1) is 8.65. The quantitative estimate of drug-likeness (QED) is 0.867. The number of carbonyl (C=O) groups is 1. The van der Waals surface area contributed by atoms with Gasteiger partial charge >= 0.3 is 5.97 Å². The van der Waals surface area contributed by atoms with E-state index in [-0.39, 0.29) is 5.03 Å². The molecule has 0 saturated carbocycles. The number of nitrogens with one attached hydrogen (secondary N) is 1. The van der Waals surface area contributed by atoms with Gasteiger partial charge in [0.15, 0.2) is 11.6 Å². The van der Waals surface area contributed by atoms with E-state index in [1.165, 1.54) is 0 Å². The van der Waals surface area contributed by atoms with Crippen LogP contribution in [0, 0.1) is 11.6 Å². The zero-order valence-electron chi connectivity index (χ0n) is 9.28. The summed E-state index contributed by atoms with van der Waals surface area (Å²) in [5.74, 6) is -4.83. The average molecular weight is 312 g/mol. The van der Waals surface area contributed by atoms with Crippen molar-refractivity contribution >= 4 is 27.6 Å². The van der Waals surface area contributed by atoms with Gasteiger partial charge in [0, 0.05) is 11.6 Å². The van der Waals surface area contributed by atoms with E-state index in [1.54, 1.807) is 0 Å². The van der Waals surface area contributed by atoms with Crippen molar-refractivity contribution in [2.45, 2.75) is 4.90 Å². The Kier molecular flexibility index (Phi) is 4.61. The average Bonchev–Trinajstić information content (AvgIpc) is 2.29. The van der Waals surface area contributed by atoms with Gasteiger partial charge in [-0.05, 0) is 12.1 Å². The predicted molar refractivity (Wildman–Crippen MR) is 63.5 cm³/mol. The van der Waals surface area contributed by atoms with Crippen LogP contribution in [0.2, 0.25) is 0 Å². The van der Waals surface area contributed by atoms with Gasteiger partial charge in [-0.1, -0.05) is 18.2 Å². The molecule has 0 aliphatic carbocycles. The second-order valence-electron chi connectivity index (χ2n) is 3.42. The van der Waals surface area contributed by atoms with Crippen LogP contribution < -0.4 is 4.72 Å². The van der Waals surface area contributed by atoms with Gasteiger partial charge in [0.1, 0.15) is 4.90 Å². The van der Waals surface area contributed by atoms with E-state index in [2.05, 4.69) is 6.58 Å². The molecule has 1 aromatic carbocycles. The topological polar surface area (TPSA) is 83.5 Å². The Morgan fingerprint density at radius 1 is 1.42 bits per heavy atom. The highest BCUT2D eigenvalue weighted by atomic mass is 35.5. The molecule has 0 aliphatic rings. The van der Waals surface area contributed by atoms with Crippen LogP contribution in [0.15, 0.2) is 28.6 Å². The molecule has 0 unspecified atom stereocenters. The van der Waals surface area contributed by atoms with Gasteiger partial charge in [0.05, 0.1) is 5.56 Å². The molecule has 0 aromatic heterocycles. The monoisotopic (exact) mass is 311 g/mol. The molecule has 1 aromatic rings. The summed E-state index contributed by atoms with van der Waals surface area (Å²) in [6.07, 6.45) is 0. The van der Waals surface area contributed by atoms with Crippen molar-refractivity contribution in [3.05, 3.63) is 40.9 Å². The highest BCUT2D eigenvalue weighted by molar-refractivity contribution is 7.89. The molecule has 0 atom stereocenters. The van der Waals surface area contributed by atoms with Crippen LogP contribution in [-0.4, -0.2) is 26.0 Å². The summed E-state index contributed by atoms with van der Waals surface area (Å²) in [6.45, 7) is 2.81. The Labute approximate surface area is 112 Å². The fourth-order valence-electron chi connectivity index (χ4n) is 1.13. The van der Waals surface area contributed by atoms with E-state index in [0.717, 1.165) is 0 Å². The highest BCUT2D eigenvalue weighted by Gasteiger charge is 2.24. The molecular weight excluding hydrogens is 304 g/mol. The number of benzene rings is 1. The normalized spacial score (nSPS) is 11.3. The lowest BCUT2D eigenvalue weighted by Crippen LogP contribution is -2.26. The lowest BCUT2D eigenvalue weighted by atomic mass is 10.2. The van der Waals surface area contributed by atoms with Crippen molar-refractivity contribution in [1.29, 1.82) is 0 Å². The first kappa shape index (κ1) is 15.5. The van der Waals surface area contributed by atoms with Crippen LogP contribution in [0.4, 0.5) is 8.78 Å². The summed E-state index contributed by atoms with van der Waals surface area (Å²) in [5, 5.41) is 8.60. The van der Waals surface area contributed by atoms with Crippen LogP contribution in [0.1, 0.15) is 10.4 Å². The molecule has 0 fully saturated rings. The minimum absolute atomic E-state index is 0.0705. The van der Waals surface area contributed by atoms with Gasteiger partial charge in [-0.2, -0.15) is 0 Å². The lowest BCUT2D eigenvalue weighted by molar-refractivity contribution is 0.0696. The molecule has 2 N–H and O–H groups in total. The first-order valence-electron chi connectivity index (χ1n) is 4.70. The van der Waals surface area contributed by atoms with E-state index >= 15 is 0 Å². The third-order valence-electron chi connectivity index (χ3n) is 1.99. The maximum atomic E-state index is 13.4. The predicted octanol–water partition coefficient (Wildman–Crippen LogP) is 1.69. The van der Waals surface area contributed by atoms with Crippen LogP contribution >= 0.6 is 11.6 Å². The van der Waals surface area contributed by atoms with E-state index in [1.807, 2.05) is 4.72 Å². The maximum Gasteiger partial charge on any atom is 0.335 e. The smallest absolute Gasteiger partial charge is 0.335 e. The summed E-state index contributed by atoms with van der Waals surface area (Å²) in [4.78, 5) is 9.56. The van der Waals surface area contributed by atoms with Gasteiger partial charge < -0.3 is 5.11 Å². The lowest BCUT2D eigenvalue weighted by Gasteiger charge is -2.08. The standard InChI is InChI=1S/C10H8ClF2NO4S/c1-5(11)4-14-19(17,18)8-3-6(10(15)16)2-7(12)9(8)13/h2-3,14H,1,4H2,(H,15,16). The molecule has 19 heavy (non-hydrogen) atoms. The minimum Gasteiger partial charge on any atom is -0.478 e. The second kappa shape index (κ2) is 5.64. The van der Waals surface area contributed by atoms with Gasteiger partial charge in [-0.15, -0.1) is 0 Å². The molecular formula is C10H8ClF2NO4S.